The lowest BCUT2D eigenvalue weighted by Crippen LogP contribution is -2.24. The van der Waals surface area contributed by atoms with Crippen molar-refractivity contribution in [2.24, 2.45) is 0 Å². The number of rotatable bonds is 7. The third-order valence-electron chi connectivity index (χ3n) is 5.47. The summed E-state index contributed by atoms with van der Waals surface area (Å²) in [5, 5.41) is 17.6. The highest BCUT2D eigenvalue weighted by Gasteiger charge is 2.13. The Kier molecular flexibility index (Phi) is 7.83. The summed E-state index contributed by atoms with van der Waals surface area (Å²) >= 11 is 0. The van der Waals surface area contributed by atoms with Crippen LogP contribution in [0, 0.1) is 32.1 Å². The van der Waals surface area contributed by atoms with Crippen LogP contribution >= 0.6 is 0 Å². The first-order valence-electron chi connectivity index (χ1n) is 10.9. The van der Waals surface area contributed by atoms with Crippen molar-refractivity contribution >= 4 is 23.3 Å². The van der Waals surface area contributed by atoms with Gasteiger partial charge in [-0.1, -0.05) is 24.3 Å². The lowest BCUT2D eigenvalue weighted by molar-refractivity contribution is -0.121. The number of aromatic nitrogens is 1. The van der Waals surface area contributed by atoms with Gasteiger partial charge in [-0.05, 0) is 73.7 Å². The molecular formula is C26H27N5O3. The highest BCUT2D eigenvalue weighted by atomic mass is 16.2. The maximum atomic E-state index is 12.4. The molecule has 0 unspecified atom stereocenters. The maximum Gasteiger partial charge on any atom is 0.323 e. The van der Waals surface area contributed by atoms with Gasteiger partial charge >= 0.3 is 6.03 Å². The predicted molar refractivity (Wildman–Crippen MR) is 132 cm³/mol. The van der Waals surface area contributed by atoms with Crippen LogP contribution in [0.2, 0.25) is 0 Å². The fourth-order valence-corrected chi connectivity index (χ4v) is 3.72. The fourth-order valence-electron chi connectivity index (χ4n) is 3.72. The number of carbonyl (C=O) groups excluding carboxylic acids is 2. The first-order chi connectivity index (χ1) is 16.3. The van der Waals surface area contributed by atoms with Crippen LogP contribution in [0.25, 0.3) is 0 Å². The minimum Gasteiger partial charge on any atom is -0.352 e. The van der Waals surface area contributed by atoms with Gasteiger partial charge in [-0.2, -0.15) is 5.26 Å². The second-order valence-electron chi connectivity index (χ2n) is 8.10. The van der Waals surface area contributed by atoms with Crippen molar-refractivity contribution < 1.29 is 9.59 Å². The molecule has 2 aromatic carbocycles. The molecule has 0 aliphatic carbocycles. The lowest BCUT2D eigenvalue weighted by Gasteiger charge is -2.12. The number of hydrogen-bond donors (Lipinski definition) is 4. The van der Waals surface area contributed by atoms with Crippen LogP contribution in [0.1, 0.15) is 39.9 Å². The smallest absolute Gasteiger partial charge is 0.323 e. The van der Waals surface area contributed by atoms with E-state index < -0.39 is 5.56 Å². The van der Waals surface area contributed by atoms with Crippen LogP contribution in [0.5, 0.6) is 0 Å². The summed E-state index contributed by atoms with van der Waals surface area (Å²) in [6.07, 6.45) is 0.630. The Morgan fingerprint density at radius 3 is 2.35 bits per heavy atom. The molecule has 0 radical (unpaired) electrons. The number of nitrogens with one attached hydrogen (secondary N) is 4. The molecule has 0 saturated heterocycles. The SMILES string of the molecule is Cc1cccc(NC(=O)Nc2cccc(CNC(=O)CCc3c(C)[nH]c(=O)c(C#N)c3C)c2)c1. The molecule has 0 bridgehead atoms. The van der Waals surface area contributed by atoms with Gasteiger partial charge in [0.1, 0.15) is 11.6 Å². The van der Waals surface area contributed by atoms with E-state index in [-0.39, 0.29) is 23.9 Å². The molecule has 0 spiro atoms. The molecule has 1 aromatic heterocycles. The summed E-state index contributed by atoms with van der Waals surface area (Å²) in [4.78, 5) is 39.2. The first kappa shape index (κ1) is 24.3. The van der Waals surface area contributed by atoms with Gasteiger partial charge in [0.2, 0.25) is 5.91 Å². The summed E-state index contributed by atoms with van der Waals surface area (Å²) < 4.78 is 0. The number of pyridine rings is 1. The zero-order valence-corrected chi connectivity index (χ0v) is 19.4. The van der Waals surface area contributed by atoms with E-state index in [1.165, 1.54) is 0 Å². The van der Waals surface area contributed by atoms with E-state index in [0.717, 1.165) is 16.7 Å². The van der Waals surface area contributed by atoms with Gasteiger partial charge in [0.25, 0.3) is 5.56 Å². The predicted octanol–water partition coefficient (Wildman–Crippen LogP) is 4.06. The topological polar surface area (TPSA) is 127 Å². The third-order valence-corrected chi connectivity index (χ3v) is 5.47. The fraction of sp³-hybridized carbons (Fsp3) is 0.231. The van der Waals surface area contributed by atoms with Gasteiger partial charge in [0.05, 0.1) is 0 Å². The van der Waals surface area contributed by atoms with E-state index in [1.54, 1.807) is 32.0 Å². The second-order valence-corrected chi connectivity index (χ2v) is 8.10. The quantitative estimate of drug-likeness (QED) is 0.427. The number of nitrogens with zero attached hydrogens (tertiary/aromatic N) is 1. The van der Waals surface area contributed by atoms with Gasteiger partial charge < -0.3 is 20.9 Å². The Hall–Kier alpha value is -4.38. The van der Waals surface area contributed by atoms with Crippen LogP contribution in [0.15, 0.2) is 53.3 Å². The van der Waals surface area contributed by atoms with Gasteiger partial charge in [0.15, 0.2) is 0 Å². The zero-order valence-electron chi connectivity index (χ0n) is 19.4. The largest absolute Gasteiger partial charge is 0.352 e. The van der Waals surface area contributed by atoms with Gasteiger partial charge in [0, 0.05) is 30.0 Å². The Bertz CT molecular complexity index is 1320. The lowest BCUT2D eigenvalue weighted by atomic mass is 9.99. The van der Waals surface area contributed by atoms with E-state index in [9.17, 15) is 19.6 Å². The van der Waals surface area contributed by atoms with E-state index in [4.69, 9.17) is 0 Å². The van der Waals surface area contributed by atoms with Gasteiger partial charge in [-0.3, -0.25) is 9.59 Å². The van der Waals surface area contributed by atoms with Crippen LogP contribution in [-0.4, -0.2) is 16.9 Å². The molecule has 3 aromatic rings. The van der Waals surface area contributed by atoms with Crippen molar-refractivity contribution in [1.29, 1.82) is 5.26 Å². The Labute approximate surface area is 198 Å². The third kappa shape index (κ3) is 6.33. The molecule has 0 aliphatic heterocycles. The van der Waals surface area contributed by atoms with Crippen LogP contribution in [-0.2, 0) is 17.8 Å². The summed E-state index contributed by atoms with van der Waals surface area (Å²) in [6, 6.07) is 16.3. The minimum absolute atomic E-state index is 0.0803. The number of amides is 3. The molecule has 8 nitrogen and oxygen atoms in total. The van der Waals surface area contributed by atoms with E-state index in [2.05, 4.69) is 20.9 Å². The normalized spacial score (nSPS) is 10.3. The van der Waals surface area contributed by atoms with Crippen molar-refractivity contribution in [3.63, 3.8) is 0 Å². The molecule has 0 aliphatic rings. The van der Waals surface area contributed by atoms with Crippen molar-refractivity contribution in [3.05, 3.63) is 92.4 Å². The minimum atomic E-state index is -0.410. The monoisotopic (exact) mass is 457 g/mol. The highest BCUT2D eigenvalue weighted by molar-refractivity contribution is 5.99. The molecule has 34 heavy (non-hydrogen) atoms. The standard InChI is InChI=1S/C26H27N5O3/c1-16-6-4-8-20(12-16)30-26(34)31-21-9-5-7-19(13-21)15-28-24(32)11-10-22-17(2)23(14-27)25(33)29-18(22)3/h4-9,12-13H,10-11,15H2,1-3H3,(H,28,32)(H,29,33)(H2,30,31,34). The number of aryl methyl sites for hydroxylation is 2. The summed E-state index contributed by atoms with van der Waals surface area (Å²) in [5.41, 5.74) is 4.95. The number of aromatic amines is 1. The Morgan fingerprint density at radius 1 is 1.00 bits per heavy atom. The number of urea groups is 1. The average molecular weight is 458 g/mol. The van der Waals surface area contributed by atoms with Crippen molar-refractivity contribution in [1.82, 2.24) is 10.3 Å². The zero-order chi connectivity index (χ0) is 24.7. The van der Waals surface area contributed by atoms with Crippen molar-refractivity contribution in [2.75, 3.05) is 10.6 Å². The molecule has 3 rings (SSSR count). The molecule has 0 atom stereocenters. The van der Waals surface area contributed by atoms with E-state index in [0.29, 0.717) is 35.6 Å². The number of carbonyl (C=O) groups is 2. The molecule has 0 saturated carbocycles. The number of anilines is 2. The molecule has 3 amide bonds. The Morgan fingerprint density at radius 2 is 1.68 bits per heavy atom. The molecule has 8 heteroatoms. The van der Waals surface area contributed by atoms with Crippen molar-refractivity contribution in [2.45, 2.75) is 40.2 Å². The summed E-state index contributed by atoms with van der Waals surface area (Å²) in [6.45, 7) is 5.74. The van der Waals surface area contributed by atoms with Crippen LogP contribution in [0.4, 0.5) is 16.2 Å². The summed E-state index contributed by atoms with van der Waals surface area (Å²) in [5.74, 6) is -0.154. The summed E-state index contributed by atoms with van der Waals surface area (Å²) in [7, 11) is 0. The molecule has 0 fully saturated rings. The molecule has 1 heterocycles. The molecular weight excluding hydrogens is 430 g/mol. The average Bonchev–Trinajstić information content (AvgIpc) is 2.78. The van der Waals surface area contributed by atoms with Gasteiger partial charge in [-0.15, -0.1) is 0 Å². The van der Waals surface area contributed by atoms with E-state index in [1.807, 2.05) is 43.3 Å². The van der Waals surface area contributed by atoms with Crippen molar-refractivity contribution in [3.8, 4) is 6.07 Å². The first-order valence-corrected chi connectivity index (χ1v) is 10.9. The molecule has 4 N–H and O–H groups in total. The number of nitriles is 1. The maximum absolute atomic E-state index is 12.4. The van der Waals surface area contributed by atoms with Crippen LogP contribution < -0.4 is 21.5 Å². The number of hydrogen-bond acceptors (Lipinski definition) is 4. The van der Waals surface area contributed by atoms with E-state index >= 15 is 0 Å². The highest BCUT2D eigenvalue weighted by Crippen LogP contribution is 2.16. The van der Waals surface area contributed by atoms with Gasteiger partial charge in [-0.25, -0.2) is 4.79 Å². The second kappa shape index (κ2) is 11.0. The number of H-pyrrole nitrogens is 1. The van der Waals surface area contributed by atoms with Crippen LogP contribution in [0.3, 0.4) is 0 Å². The Balaban J connectivity index is 1.54. The number of benzene rings is 2. The molecule has 174 valence electrons.